The van der Waals surface area contributed by atoms with E-state index in [0.29, 0.717) is 0 Å². The van der Waals surface area contributed by atoms with Crippen molar-refractivity contribution in [2.24, 2.45) is 0 Å². The van der Waals surface area contributed by atoms with Gasteiger partial charge in [-0.3, -0.25) is 0 Å². The summed E-state index contributed by atoms with van der Waals surface area (Å²) in [7, 11) is 0. The van der Waals surface area contributed by atoms with Crippen molar-refractivity contribution in [2.75, 3.05) is 8.13 Å². The minimum atomic E-state index is -0.193. The third-order valence-electron chi connectivity index (χ3n) is 2.12. The number of anilines is 2. The predicted octanol–water partition coefficient (Wildman–Crippen LogP) is 2.25. The van der Waals surface area contributed by atoms with Gasteiger partial charge in [0.25, 0.3) is 0 Å². The number of nitrogens with one attached hydrogen (secondary N) is 1. The van der Waals surface area contributed by atoms with E-state index >= 15 is 0 Å². The van der Waals surface area contributed by atoms with E-state index in [4.69, 9.17) is 0 Å². The summed E-state index contributed by atoms with van der Waals surface area (Å²) >= 11 is -0.193. The SMILES string of the molecule is CC(C)(C)[N]1[Ge][NH]c2ccccc21. The molecule has 0 saturated heterocycles. The summed E-state index contributed by atoms with van der Waals surface area (Å²) < 4.78 is 6.01. The minimum absolute atomic E-state index is 0.193. The van der Waals surface area contributed by atoms with E-state index < -0.39 is 0 Å². The molecule has 1 aliphatic rings. The summed E-state index contributed by atoms with van der Waals surface area (Å²) in [4.78, 5) is 0. The van der Waals surface area contributed by atoms with Crippen LogP contribution in [0.1, 0.15) is 20.8 Å². The zero-order chi connectivity index (χ0) is 9.47. The maximum atomic E-state index is 3.51. The molecule has 0 fully saturated rings. The Labute approximate surface area is 86.2 Å². The van der Waals surface area contributed by atoms with Crippen molar-refractivity contribution in [3.8, 4) is 0 Å². The van der Waals surface area contributed by atoms with Gasteiger partial charge in [-0.25, -0.2) is 0 Å². The van der Waals surface area contributed by atoms with Crippen LogP contribution in [-0.4, -0.2) is 21.4 Å². The molecule has 3 heteroatoms. The number of rotatable bonds is 0. The molecule has 0 aliphatic carbocycles. The Balaban J connectivity index is 2.39. The fourth-order valence-electron chi connectivity index (χ4n) is 1.48. The topological polar surface area (TPSA) is 15.3 Å². The normalized spacial score (nSPS) is 15.5. The van der Waals surface area contributed by atoms with E-state index in [0.717, 1.165) is 0 Å². The number of hydrogen-bond acceptors (Lipinski definition) is 2. The summed E-state index contributed by atoms with van der Waals surface area (Å²) in [6.07, 6.45) is 0. The first-order valence-corrected chi connectivity index (χ1v) is 6.49. The number of benzene rings is 1. The van der Waals surface area contributed by atoms with Crippen LogP contribution in [0.3, 0.4) is 0 Å². The van der Waals surface area contributed by atoms with E-state index in [-0.39, 0.29) is 21.4 Å². The molecule has 2 nitrogen and oxygen atoms in total. The average Bonchev–Trinajstić information content (AvgIpc) is 2.45. The predicted molar refractivity (Wildman–Crippen MR) is 58.1 cm³/mol. The molecule has 1 heterocycles. The van der Waals surface area contributed by atoms with Crippen molar-refractivity contribution in [3.63, 3.8) is 0 Å². The van der Waals surface area contributed by atoms with E-state index in [1.165, 1.54) is 11.4 Å². The van der Waals surface area contributed by atoms with Gasteiger partial charge in [0.2, 0.25) is 0 Å². The Bertz CT molecular complexity index is 317. The third kappa shape index (κ3) is 1.55. The van der Waals surface area contributed by atoms with Gasteiger partial charge in [0.1, 0.15) is 0 Å². The number of para-hydroxylation sites is 2. The summed E-state index contributed by atoms with van der Waals surface area (Å²) in [5.74, 6) is 0. The number of fused-ring (bicyclic) bond motifs is 1. The molecule has 0 atom stereocenters. The number of hydrogen-bond donors (Lipinski definition) is 1. The third-order valence-corrected chi connectivity index (χ3v) is 5.30. The fourth-order valence-corrected chi connectivity index (χ4v) is 3.78. The van der Waals surface area contributed by atoms with Gasteiger partial charge >= 0.3 is 86.0 Å². The second kappa shape index (κ2) is 2.94. The second-order valence-corrected chi connectivity index (χ2v) is 6.19. The first-order chi connectivity index (χ1) is 6.09. The van der Waals surface area contributed by atoms with Crippen LogP contribution in [0, 0.1) is 0 Å². The molecular formula is C10H14GeN2. The molecule has 1 aliphatic heterocycles. The fraction of sp³-hybridized carbons (Fsp3) is 0.400. The van der Waals surface area contributed by atoms with Crippen LogP contribution < -0.4 is 8.13 Å². The van der Waals surface area contributed by atoms with Crippen LogP contribution in [0.4, 0.5) is 11.4 Å². The Kier molecular flexibility index (Phi) is 2.02. The molecule has 0 saturated carbocycles. The van der Waals surface area contributed by atoms with Crippen molar-refractivity contribution in [1.29, 1.82) is 0 Å². The maximum absolute atomic E-state index is 3.51. The Morgan fingerprint density at radius 2 is 1.92 bits per heavy atom. The second-order valence-electron chi connectivity index (χ2n) is 4.26. The summed E-state index contributed by atoms with van der Waals surface area (Å²) in [5.41, 5.74) is 2.92. The molecule has 0 aromatic heterocycles. The van der Waals surface area contributed by atoms with Crippen LogP contribution in [-0.2, 0) is 0 Å². The molecule has 13 heavy (non-hydrogen) atoms. The van der Waals surface area contributed by atoms with Gasteiger partial charge < -0.3 is 0 Å². The van der Waals surface area contributed by atoms with Crippen LogP contribution in [0.2, 0.25) is 0 Å². The molecule has 68 valence electrons. The van der Waals surface area contributed by atoms with Crippen LogP contribution in [0.5, 0.6) is 0 Å². The van der Waals surface area contributed by atoms with Crippen LogP contribution in [0.25, 0.3) is 0 Å². The quantitative estimate of drug-likeness (QED) is 0.693. The summed E-state index contributed by atoms with van der Waals surface area (Å²) in [5, 5.41) is 0. The van der Waals surface area contributed by atoms with Crippen molar-refractivity contribution >= 4 is 27.3 Å². The molecule has 1 N–H and O–H groups in total. The molecule has 1 aromatic rings. The zero-order valence-electron chi connectivity index (χ0n) is 8.26. The van der Waals surface area contributed by atoms with Gasteiger partial charge in [-0.05, 0) is 0 Å². The monoisotopic (exact) mass is 236 g/mol. The Morgan fingerprint density at radius 3 is 2.62 bits per heavy atom. The van der Waals surface area contributed by atoms with E-state index in [9.17, 15) is 0 Å². The van der Waals surface area contributed by atoms with Gasteiger partial charge in [0.05, 0.1) is 0 Å². The Morgan fingerprint density at radius 1 is 1.23 bits per heavy atom. The molecule has 0 amide bonds. The Hall–Kier alpha value is -0.637. The van der Waals surface area contributed by atoms with Gasteiger partial charge in [-0.2, -0.15) is 0 Å². The summed E-state index contributed by atoms with van der Waals surface area (Å²) in [6, 6.07) is 8.55. The molecule has 0 bridgehead atoms. The van der Waals surface area contributed by atoms with Crippen LogP contribution >= 0.6 is 0 Å². The van der Waals surface area contributed by atoms with Gasteiger partial charge in [0.15, 0.2) is 0 Å². The van der Waals surface area contributed by atoms with E-state index in [1.54, 1.807) is 0 Å². The van der Waals surface area contributed by atoms with E-state index in [2.05, 4.69) is 53.2 Å². The molecule has 2 radical (unpaired) electrons. The molecule has 2 rings (SSSR count). The van der Waals surface area contributed by atoms with E-state index in [1.807, 2.05) is 0 Å². The standard InChI is InChI=1S/C10H14GeN2/c1-10(2,3)13-9-7-5-4-6-8(9)12-11-13/h4-7,12H,1-3H3. The first-order valence-electron chi connectivity index (χ1n) is 4.50. The van der Waals surface area contributed by atoms with Gasteiger partial charge in [-0.15, -0.1) is 0 Å². The summed E-state index contributed by atoms with van der Waals surface area (Å²) in [6.45, 7) is 6.79. The van der Waals surface area contributed by atoms with Crippen molar-refractivity contribution in [2.45, 2.75) is 26.3 Å². The van der Waals surface area contributed by atoms with Gasteiger partial charge in [-0.1, -0.05) is 0 Å². The molecule has 1 aromatic carbocycles. The molecular weight excluding hydrogens is 221 g/mol. The average molecular weight is 235 g/mol. The van der Waals surface area contributed by atoms with Crippen molar-refractivity contribution in [3.05, 3.63) is 24.3 Å². The zero-order valence-corrected chi connectivity index (χ0v) is 10.4. The van der Waals surface area contributed by atoms with Gasteiger partial charge in [0, 0.05) is 0 Å². The first kappa shape index (κ1) is 8.94. The number of nitrogens with zero attached hydrogens (tertiary/aromatic N) is 1. The van der Waals surface area contributed by atoms with Crippen LogP contribution in [0.15, 0.2) is 24.3 Å². The van der Waals surface area contributed by atoms with Crippen molar-refractivity contribution < 1.29 is 0 Å². The van der Waals surface area contributed by atoms with Crippen molar-refractivity contribution in [1.82, 2.24) is 0 Å². The molecule has 0 unspecified atom stereocenters. The molecule has 0 spiro atoms.